The topological polar surface area (TPSA) is 89.8 Å². The first kappa shape index (κ1) is 17.6. The van der Waals surface area contributed by atoms with Crippen molar-refractivity contribution in [3.05, 3.63) is 76.4 Å². The van der Waals surface area contributed by atoms with Gasteiger partial charge in [-0.1, -0.05) is 12.2 Å². The van der Waals surface area contributed by atoms with Crippen LogP contribution in [0.2, 0.25) is 0 Å². The van der Waals surface area contributed by atoms with Gasteiger partial charge in [-0.3, -0.25) is 24.6 Å². The van der Waals surface area contributed by atoms with E-state index in [9.17, 15) is 19.7 Å². The molecule has 0 unspecified atom stereocenters. The molecular weight excluding hydrogens is 372 g/mol. The van der Waals surface area contributed by atoms with Gasteiger partial charge in [0.15, 0.2) is 0 Å². The SMILES string of the molecule is O=C1[C@@H]2[C@@H](C(=O)N1c1ccc(OCc3ccc([N+](=O)[O-])cc3)cc1)[C@H]1C=C[C@@H]2C1. The van der Waals surface area contributed by atoms with Crippen LogP contribution in [0.4, 0.5) is 11.4 Å². The Labute approximate surface area is 166 Å². The molecule has 5 rings (SSSR count). The molecule has 2 bridgehead atoms. The van der Waals surface area contributed by atoms with Crippen molar-refractivity contribution in [2.24, 2.45) is 23.7 Å². The van der Waals surface area contributed by atoms with E-state index in [1.165, 1.54) is 17.0 Å². The summed E-state index contributed by atoms with van der Waals surface area (Å²) in [7, 11) is 0. The van der Waals surface area contributed by atoms with Crippen LogP contribution in [0, 0.1) is 33.8 Å². The lowest BCUT2D eigenvalue weighted by Gasteiger charge is -2.17. The zero-order chi connectivity index (χ0) is 20.1. The molecule has 2 fully saturated rings. The molecule has 0 radical (unpaired) electrons. The second-order valence-electron chi connectivity index (χ2n) is 7.72. The zero-order valence-corrected chi connectivity index (χ0v) is 15.4. The number of allylic oxidation sites excluding steroid dienone is 2. The van der Waals surface area contributed by atoms with Gasteiger partial charge in [-0.25, -0.2) is 0 Å². The number of amides is 2. The van der Waals surface area contributed by atoms with Gasteiger partial charge in [-0.15, -0.1) is 0 Å². The number of fused-ring (bicyclic) bond motifs is 5. The van der Waals surface area contributed by atoms with Crippen LogP contribution in [0.25, 0.3) is 0 Å². The number of nitro groups is 1. The van der Waals surface area contributed by atoms with Crippen LogP contribution in [0.3, 0.4) is 0 Å². The Morgan fingerprint density at radius 2 is 1.52 bits per heavy atom. The van der Waals surface area contributed by atoms with Crippen LogP contribution in [0.1, 0.15) is 12.0 Å². The first-order chi connectivity index (χ1) is 14.0. The maximum Gasteiger partial charge on any atom is 0.269 e. The van der Waals surface area contributed by atoms with E-state index >= 15 is 0 Å². The summed E-state index contributed by atoms with van der Waals surface area (Å²) < 4.78 is 5.71. The number of hydrogen-bond acceptors (Lipinski definition) is 5. The average molecular weight is 390 g/mol. The number of anilines is 1. The van der Waals surface area contributed by atoms with Gasteiger partial charge >= 0.3 is 0 Å². The lowest BCUT2D eigenvalue weighted by molar-refractivity contribution is -0.384. The molecule has 1 aliphatic heterocycles. The number of hydrogen-bond donors (Lipinski definition) is 0. The monoisotopic (exact) mass is 390 g/mol. The van der Waals surface area contributed by atoms with Crippen molar-refractivity contribution in [2.75, 3.05) is 4.90 Å². The fourth-order valence-electron chi connectivity index (χ4n) is 4.73. The third-order valence-corrected chi connectivity index (χ3v) is 6.12. The van der Waals surface area contributed by atoms with Gasteiger partial charge in [-0.05, 0) is 60.2 Å². The number of imide groups is 1. The van der Waals surface area contributed by atoms with Crippen LogP contribution in [-0.2, 0) is 16.2 Å². The fourth-order valence-corrected chi connectivity index (χ4v) is 4.73. The molecule has 0 spiro atoms. The Morgan fingerprint density at radius 3 is 2.07 bits per heavy atom. The molecule has 2 aliphatic carbocycles. The molecule has 1 heterocycles. The molecule has 2 amide bonds. The van der Waals surface area contributed by atoms with Crippen molar-refractivity contribution >= 4 is 23.2 Å². The summed E-state index contributed by atoms with van der Waals surface area (Å²) in [5.74, 6) is 0.346. The van der Waals surface area contributed by atoms with E-state index < -0.39 is 4.92 Å². The van der Waals surface area contributed by atoms with Gasteiger partial charge in [-0.2, -0.15) is 0 Å². The van der Waals surface area contributed by atoms with Gasteiger partial charge in [0.25, 0.3) is 5.69 Å². The Morgan fingerprint density at radius 1 is 0.931 bits per heavy atom. The first-order valence-electron chi connectivity index (χ1n) is 9.55. The van der Waals surface area contributed by atoms with E-state index in [-0.39, 0.29) is 47.8 Å². The minimum Gasteiger partial charge on any atom is -0.489 e. The highest BCUT2D eigenvalue weighted by atomic mass is 16.6. The summed E-state index contributed by atoms with van der Waals surface area (Å²) in [6, 6.07) is 13.1. The lowest BCUT2D eigenvalue weighted by atomic mass is 9.85. The number of ether oxygens (including phenoxy) is 1. The fraction of sp³-hybridized carbons (Fsp3) is 0.273. The molecule has 1 saturated carbocycles. The van der Waals surface area contributed by atoms with Gasteiger partial charge in [0.1, 0.15) is 12.4 Å². The van der Waals surface area contributed by atoms with Crippen LogP contribution < -0.4 is 9.64 Å². The average Bonchev–Trinajstić information content (AvgIpc) is 3.41. The Bertz CT molecular complexity index is 998. The third-order valence-electron chi connectivity index (χ3n) is 6.12. The number of rotatable bonds is 5. The van der Waals surface area contributed by atoms with E-state index in [1.807, 2.05) is 0 Å². The zero-order valence-electron chi connectivity index (χ0n) is 15.4. The van der Waals surface area contributed by atoms with Gasteiger partial charge < -0.3 is 4.74 Å². The molecule has 1 saturated heterocycles. The first-order valence-corrected chi connectivity index (χ1v) is 9.55. The van der Waals surface area contributed by atoms with Crippen LogP contribution in [0.15, 0.2) is 60.7 Å². The second-order valence-corrected chi connectivity index (χ2v) is 7.72. The molecule has 3 aliphatic rings. The number of non-ortho nitro benzene ring substituents is 1. The second kappa shape index (κ2) is 6.55. The summed E-state index contributed by atoms with van der Waals surface area (Å²) in [6.07, 6.45) is 5.07. The van der Waals surface area contributed by atoms with E-state index in [1.54, 1.807) is 36.4 Å². The van der Waals surface area contributed by atoms with Crippen molar-refractivity contribution in [3.8, 4) is 5.75 Å². The van der Waals surface area contributed by atoms with Crippen LogP contribution in [0.5, 0.6) is 5.75 Å². The van der Waals surface area contributed by atoms with E-state index in [0.717, 1.165) is 12.0 Å². The van der Waals surface area contributed by atoms with E-state index in [2.05, 4.69) is 12.2 Å². The third kappa shape index (κ3) is 2.81. The highest BCUT2D eigenvalue weighted by Gasteiger charge is 2.59. The number of nitro benzene ring substituents is 1. The molecule has 7 nitrogen and oxygen atoms in total. The summed E-state index contributed by atoms with van der Waals surface area (Å²) in [4.78, 5) is 37.3. The molecule has 2 aromatic rings. The van der Waals surface area contributed by atoms with E-state index in [0.29, 0.717) is 11.4 Å². The highest BCUT2D eigenvalue weighted by Crippen LogP contribution is 2.53. The smallest absolute Gasteiger partial charge is 0.269 e. The standard InChI is InChI=1S/C22H18N2O5/c25-21-19-14-3-4-15(11-14)20(19)22(26)23(21)16-7-9-18(10-8-16)29-12-13-1-5-17(6-2-13)24(27)28/h1-10,14-15,19-20H,11-12H2/t14-,15+,19-,20-/m0/s1. The van der Waals surface area contributed by atoms with Gasteiger partial charge in [0, 0.05) is 12.1 Å². The molecular formula is C22H18N2O5. The lowest BCUT2D eigenvalue weighted by Crippen LogP contribution is -2.32. The maximum absolute atomic E-state index is 12.9. The number of carbonyl (C=O) groups is 2. The summed E-state index contributed by atoms with van der Waals surface area (Å²) in [5.41, 5.74) is 1.41. The molecule has 2 aromatic carbocycles. The highest BCUT2D eigenvalue weighted by molar-refractivity contribution is 6.22. The maximum atomic E-state index is 12.9. The number of benzene rings is 2. The van der Waals surface area contributed by atoms with Gasteiger partial charge in [0.05, 0.1) is 22.4 Å². The quantitative estimate of drug-likeness (QED) is 0.337. The summed E-state index contributed by atoms with van der Waals surface area (Å²) >= 11 is 0. The summed E-state index contributed by atoms with van der Waals surface area (Å²) in [5, 5.41) is 10.7. The van der Waals surface area contributed by atoms with Crippen molar-refractivity contribution in [1.82, 2.24) is 0 Å². The molecule has 7 heteroatoms. The molecule has 4 atom stereocenters. The number of nitrogens with zero attached hydrogens (tertiary/aromatic N) is 2. The molecule has 0 N–H and O–H groups in total. The molecule has 146 valence electrons. The van der Waals surface area contributed by atoms with E-state index in [4.69, 9.17) is 4.74 Å². The van der Waals surface area contributed by atoms with Crippen LogP contribution >= 0.6 is 0 Å². The van der Waals surface area contributed by atoms with Crippen LogP contribution in [-0.4, -0.2) is 16.7 Å². The van der Waals surface area contributed by atoms with Crippen molar-refractivity contribution in [3.63, 3.8) is 0 Å². The Hall–Kier alpha value is -3.48. The minimum atomic E-state index is -0.444. The normalized spacial score (nSPS) is 26.8. The van der Waals surface area contributed by atoms with Crippen molar-refractivity contribution in [1.29, 1.82) is 0 Å². The molecule has 29 heavy (non-hydrogen) atoms. The van der Waals surface area contributed by atoms with Crippen molar-refractivity contribution in [2.45, 2.75) is 13.0 Å². The largest absolute Gasteiger partial charge is 0.489 e. The predicted molar refractivity (Wildman–Crippen MR) is 104 cm³/mol. The van der Waals surface area contributed by atoms with Gasteiger partial charge in [0.2, 0.25) is 11.8 Å². The Balaban J connectivity index is 1.27. The van der Waals surface area contributed by atoms with Crippen molar-refractivity contribution < 1.29 is 19.2 Å². The minimum absolute atomic E-state index is 0.0338. The Kier molecular flexibility index (Phi) is 3.97. The summed E-state index contributed by atoms with van der Waals surface area (Å²) in [6.45, 7) is 0.262. The number of carbonyl (C=O) groups excluding carboxylic acids is 2. The molecule has 0 aromatic heterocycles. The predicted octanol–water partition coefficient (Wildman–Crippen LogP) is 3.49.